The minimum atomic E-state index is -0.286. The summed E-state index contributed by atoms with van der Waals surface area (Å²) in [5, 5.41) is 6.72. The largest absolute Gasteiger partial charge is 0.496 e. The van der Waals surface area contributed by atoms with Gasteiger partial charge in [0.2, 0.25) is 0 Å². The minimum absolute atomic E-state index is 0. The highest BCUT2D eigenvalue weighted by Crippen LogP contribution is 2.27. The maximum Gasteiger partial charge on any atom is 0.191 e. The van der Waals surface area contributed by atoms with E-state index in [0.717, 1.165) is 23.8 Å². The molecule has 2 N–H and O–H groups in total. The zero-order chi connectivity index (χ0) is 18.9. The number of nitrogens with zero attached hydrogens (tertiary/aromatic N) is 2. The third kappa shape index (κ3) is 8.09. The van der Waals surface area contributed by atoms with Crippen LogP contribution in [-0.2, 0) is 4.74 Å². The number of likely N-dealkylation sites (N-methyl/N-ethyl adjacent to an activating group) is 1. The van der Waals surface area contributed by atoms with Gasteiger partial charge in [-0.25, -0.2) is 0 Å². The molecule has 0 aliphatic heterocycles. The average Bonchev–Trinajstić information content (AvgIpc) is 2.59. The molecule has 1 aromatic rings. The molecule has 0 aromatic heterocycles. The van der Waals surface area contributed by atoms with Crippen molar-refractivity contribution in [1.29, 1.82) is 0 Å². The molecule has 7 heteroatoms. The third-order valence-corrected chi connectivity index (χ3v) is 4.10. The van der Waals surface area contributed by atoms with Crippen molar-refractivity contribution < 1.29 is 9.47 Å². The molecule has 0 bridgehead atoms. The first-order valence-corrected chi connectivity index (χ1v) is 8.71. The number of guanidine groups is 1. The van der Waals surface area contributed by atoms with Crippen molar-refractivity contribution in [3.63, 3.8) is 0 Å². The van der Waals surface area contributed by atoms with E-state index in [9.17, 15) is 0 Å². The van der Waals surface area contributed by atoms with Crippen molar-refractivity contribution in [2.75, 3.05) is 47.9 Å². The Hall–Kier alpha value is -1.06. The van der Waals surface area contributed by atoms with E-state index in [1.807, 2.05) is 32.0 Å². The molecule has 0 fully saturated rings. The lowest BCUT2D eigenvalue weighted by Crippen LogP contribution is -2.42. The second kappa shape index (κ2) is 12.3. The van der Waals surface area contributed by atoms with Crippen LogP contribution in [0.25, 0.3) is 0 Å². The van der Waals surface area contributed by atoms with Crippen LogP contribution in [0.5, 0.6) is 5.75 Å². The molecule has 0 amide bonds. The summed E-state index contributed by atoms with van der Waals surface area (Å²) in [6.45, 7) is 8.21. The van der Waals surface area contributed by atoms with Crippen LogP contribution < -0.4 is 15.4 Å². The summed E-state index contributed by atoms with van der Waals surface area (Å²) in [6, 6.07) is 8.28. The quantitative estimate of drug-likeness (QED) is 0.325. The Morgan fingerprint density at radius 1 is 1.19 bits per heavy atom. The molecule has 0 aliphatic rings. The number of rotatable bonds is 9. The van der Waals surface area contributed by atoms with E-state index in [-0.39, 0.29) is 35.6 Å². The highest BCUT2D eigenvalue weighted by atomic mass is 127. The highest BCUT2D eigenvalue weighted by molar-refractivity contribution is 14.0. The minimum Gasteiger partial charge on any atom is -0.496 e. The van der Waals surface area contributed by atoms with Crippen molar-refractivity contribution >= 4 is 29.9 Å². The number of nitrogens with one attached hydrogen (secondary N) is 2. The molecule has 0 spiro atoms. The molecule has 1 aromatic carbocycles. The van der Waals surface area contributed by atoms with Crippen LogP contribution in [0, 0.1) is 0 Å². The highest BCUT2D eigenvalue weighted by Gasteiger charge is 2.19. The fourth-order valence-corrected chi connectivity index (χ4v) is 2.38. The van der Waals surface area contributed by atoms with Gasteiger partial charge in [-0.1, -0.05) is 18.2 Å². The Bertz CT molecular complexity index is 550. The first kappa shape index (κ1) is 24.9. The molecule has 6 nitrogen and oxygen atoms in total. The summed E-state index contributed by atoms with van der Waals surface area (Å²) in [7, 11) is 7.55. The first-order valence-electron chi connectivity index (χ1n) is 8.71. The Morgan fingerprint density at radius 3 is 2.38 bits per heavy atom. The molecule has 0 aliphatic carbocycles. The van der Waals surface area contributed by atoms with Gasteiger partial charge >= 0.3 is 0 Å². The van der Waals surface area contributed by atoms with Gasteiger partial charge in [0.05, 0.1) is 25.3 Å². The Morgan fingerprint density at radius 2 is 1.85 bits per heavy atom. The lowest BCUT2D eigenvalue weighted by Gasteiger charge is -2.27. The third-order valence-electron chi connectivity index (χ3n) is 4.10. The number of benzene rings is 1. The van der Waals surface area contributed by atoms with Gasteiger partial charge in [-0.05, 0) is 40.9 Å². The number of methoxy groups -OCH3 is 2. The Balaban J connectivity index is 0.00000625. The molecular weight excluding hydrogens is 443 g/mol. The van der Waals surface area contributed by atoms with Gasteiger partial charge in [0.15, 0.2) is 5.96 Å². The van der Waals surface area contributed by atoms with Crippen molar-refractivity contribution in [3.05, 3.63) is 29.8 Å². The second-order valence-corrected chi connectivity index (χ2v) is 6.76. The summed E-state index contributed by atoms with van der Waals surface area (Å²) in [4.78, 5) is 6.82. The predicted octanol–water partition coefficient (Wildman–Crippen LogP) is 2.90. The Kier molecular flexibility index (Phi) is 11.8. The second-order valence-electron chi connectivity index (χ2n) is 6.76. The van der Waals surface area contributed by atoms with Crippen LogP contribution in [0.1, 0.15) is 32.4 Å². The van der Waals surface area contributed by atoms with Crippen molar-refractivity contribution in [1.82, 2.24) is 15.5 Å². The maximum absolute atomic E-state index is 5.52. The smallest absolute Gasteiger partial charge is 0.191 e. The standard InChI is InChI=1S/C19H34N4O2.HI/c1-8-20-18(22-14-19(2,3)25-7)21-13-16(23(4)5)15-11-9-10-12-17(15)24-6;/h9-12,16H,8,13-14H2,1-7H3,(H2,20,21,22);1H. The maximum atomic E-state index is 5.52. The predicted molar refractivity (Wildman–Crippen MR) is 120 cm³/mol. The Labute approximate surface area is 175 Å². The van der Waals surface area contributed by atoms with Gasteiger partial charge in [0.25, 0.3) is 0 Å². The van der Waals surface area contributed by atoms with Crippen LogP contribution in [0.15, 0.2) is 29.3 Å². The van der Waals surface area contributed by atoms with E-state index < -0.39 is 0 Å². The van der Waals surface area contributed by atoms with Gasteiger partial charge in [-0.15, -0.1) is 24.0 Å². The zero-order valence-corrected chi connectivity index (χ0v) is 19.5. The molecule has 1 atom stereocenters. The summed E-state index contributed by atoms with van der Waals surface area (Å²) in [6.07, 6.45) is 0. The van der Waals surface area contributed by atoms with E-state index >= 15 is 0 Å². The van der Waals surface area contributed by atoms with E-state index in [4.69, 9.17) is 9.47 Å². The lowest BCUT2D eigenvalue weighted by atomic mass is 10.0. The normalized spacial score (nSPS) is 13.2. The molecule has 150 valence electrons. The summed E-state index contributed by atoms with van der Waals surface area (Å²) >= 11 is 0. The topological polar surface area (TPSA) is 58.1 Å². The molecular formula is C19H35IN4O2. The van der Waals surface area contributed by atoms with E-state index in [0.29, 0.717) is 13.1 Å². The number of aliphatic imine (C=N–C) groups is 1. The molecule has 1 unspecified atom stereocenters. The summed E-state index contributed by atoms with van der Waals surface area (Å²) in [5.41, 5.74) is 0.863. The SMILES string of the molecule is CCNC(=NCC(C)(C)OC)NCC(c1ccccc1OC)N(C)C.I. The first-order chi connectivity index (χ1) is 11.8. The number of hydrogen-bond acceptors (Lipinski definition) is 4. The number of hydrogen-bond donors (Lipinski definition) is 2. The summed E-state index contributed by atoms with van der Waals surface area (Å²) in [5.74, 6) is 1.68. The van der Waals surface area contributed by atoms with Gasteiger partial charge in [-0.3, -0.25) is 4.99 Å². The molecule has 0 heterocycles. The fraction of sp³-hybridized carbons (Fsp3) is 0.632. The molecule has 0 saturated carbocycles. The van der Waals surface area contributed by atoms with Gasteiger partial charge < -0.3 is 25.0 Å². The average molecular weight is 478 g/mol. The van der Waals surface area contributed by atoms with Crippen molar-refractivity contribution in [2.24, 2.45) is 4.99 Å². The molecule has 1 rings (SSSR count). The van der Waals surface area contributed by atoms with E-state index in [1.54, 1.807) is 14.2 Å². The van der Waals surface area contributed by atoms with Gasteiger partial charge in [0, 0.05) is 25.8 Å². The van der Waals surface area contributed by atoms with Crippen LogP contribution >= 0.6 is 24.0 Å². The van der Waals surface area contributed by atoms with Crippen LogP contribution in [0.4, 0.5) is 0 Å². The molecule has 26 heavy (non-hydrogen) atoms. The van der Waals surface area contributed by atoms with Crippen LogP contribution in [0.3, 0.4) is 0 Å². The van der Waals surface area contributed by atoms with Crippen LogP contribution in [-0.4, -0.2) is 64.4 Å². The van der Waals surface area contributed by atoms with Gasteiger partial charge in [-0.2, -0.15) is 0 Å². The van der Waals surface area contributed by atoms with Crippen molar-refractivity contribution in [3.8, 4) is 5.75 Å². The molecule has 0 saturated heterocycles. The number of para-hydroxylation sites is 1. The number of halogens is 1. The zero-order valence-electron chi connectivity index (χ0n) is 17.1. The lowest BCUT2D eigenvalue weighted by molar-refractivity contribution is 0.0310. The fourth-order valence-electron chi connectivity index (χ4n) is 2.38. The number of ether oxygens (including phenoxy) is 2. The monoisotopic (exact) mass is 478 g/mol. The van der Waals surface area contributed by atoms with E-state index in [1.165, 1.54) is 0 Å². The van der Waals surface area contributed by atoms with Crippen molar-refractivity contribution in [2.45, 2.75) is 32.4 Å². The van der Waals surface area contributed by atoms with Gasteiger partial charge in [0.1, 0.15) is 5.75 Å². The molecule has 0 radical (unpaired) electrons. The van der Waals surface area contributed by atoms with E-state index in [2.05, 4.69) is 47.6 Å². The summed E-state index contributed by atoms with van der Waals surface area (Å²) < 4.78 is 11.0. The van der Waals surface area contributed by atoms with Crippen LogP contribution in [0.2, 0.25) is 0 Å².